The maximum absolute atomic E-state index is 6.42. The zero-order chi connectivity index (χ0) is 16.3. The van der Waals surface area contributed by atoms with Gasteiger partial charge in [-0.05, 0) is 36.2 Å². The largest absolute Gasteiger partial charge is 0.391 e. The minimum absolute atomic E-state index is 0.768. The summed E-state index contributed by atoms with van der Waals surface area (Å²) in [5, 5.41) is 1.95. The van der Waals surface area contributed by atoms with Gasteiger partial charge in [-0.1, -0.05) is 70.2 Å². The molecule has 1 aromatic carbocycles. The maximum Gasteiger partial charge on any atom is 0.372 e. The van der Waals surface area contributed by atoms with E-state index in [1.54, 1.807) is 0 Å². The van der Waals surface area contributed by atoms with Gasteiger partial charge in [0.2, 0.25) is 0 Å². The molecular weight excluding hydrogens is 312 g/mol. The standard InChI is InChI=1S/C18H31ClO2Si/c1-4-7-13-20-22(15-9-6-3,21-14-8-5-2)18-12-10-11-17(19)16-18/h10-12,16H,4-9,13-15H2,1-3H3. The summed E-state index contributed by atoms with van der Waals surface area (Å²) in [5.74, 6) is 0. The molecule has 2 nitrogen and oxygen atoms in total. The minimum Gasteiger partial charge on any atom is -0.391 e. The van der Waals surface area contributed by atoms with Crippen LogP contribution in [0.4, 0.5) is 0 Å². The second-order valence-electron chi connectivity index (χ2n) is 5.77. The maximum atomic E-state index is 6.42. The fraction of sp³-hybridized carbons (Fsp3) is 0.667. The van der Waals surface area contributed by atoms with E-state index >= 15 is 0 Å². The first kappa shape index (κ1) is 19.7. The van der Waals surface area contributed by atoms with Gasteiger partial charge < -0.3 is 8.85 Å². The molecule has 0 N–H and O–H groups in total. The molecule has 0 fully saturated rings. The Bertz CT molecular complexity index is 402. The van der Waals surface area contributed by atoms with Crippen LogP contribution in [0, 0.1) is 0 Å². The van der Waals surface area contributed by atoms with Crippen molar-refractivity contribution in [3.05, 3.63) is 29.3 Å². The van der Waals surface area contributed by atoms with Crippen molar-refractivity contribution >= 4 is 25.3 Å². The average molecular weight is 343 g/mol. The smallest absolute Gasteiger partial charge is 0.372 e. The lowest BCUT2D eigenvalue weighted by atomic mass is 10.4. The SMILES string of the molecule is CCCCO[Si](CCCC)(OCCCC)c1cccc(Cl)c1. The molecule has 0 spiro atoms. The lowest BCUT2D eigenvalue weighted by molar-refractivity contribution is 0.174. The Hall–Kier alpha value is -0.353. The molecule has 4 heteroatoms. The Balaban J connectivity index is 2.99. The van der Waals surface area contributed by atoms with E-state index in [2.05, 4.69) is 26.8 Å². The zero-order valence-electron chi connectivity index (χ0n) is 14.4. The molecule has 0 radical (unpaired) electrons. The van der Waals surface area contributed by atoms with Gasteiger partial charge in [0.1, 0.15) is 0 Å². The molecule has 0 bridgehead atoms. The molecule has 1 rings (SSSR count). The second-order valence-corrected chi connectivity index (χ2v) is 9.37. The fourth-order valence-electron chi connectivity index (χ4n) is 2.39. The first-order chi connectivity index (χ1) is 10.7. The second kappa shape index (κ2) is 11.2. The van der Waals surface area contributed by atoms with Gasteiger partial charge in [0.15, 0.2) is 0 Å². The number of hydrogen-bond donors (Lipinski definition) is 0. The quantitative estimate of drug-likeness (QED) is 0.373. The number of benzene rings is 1. The summed E-state index contributed by atoms with van der Waals surface area (Å²) in [6, 6.07) is 9.12. The monoisotopic (exact) mass is 342 g/mol. The van der Waals surface area contributed by atoms with Crippen molar-refractivity contribution in [3.63, 3.8) is 0 Å². The first-order valence-corrected chi connectivity index (χ1v) is 11.1. The Morgan fingerprint density at radius 2 is 1.50 bits per heavy atom. The third kappa shape index (κ3) is 6.41. The topological polar surface area (TPSA) is 18.5 Å². The number of hydrogen-bond acceptors (Lipinski definition) is 2. The van der Waals surface area contributed by atoms with Gasteiger partial charge in [-0.3, -0.25) is 0 Å². The van der Waals surface area contributed by atoms with E-state index in [9.17, 15) is 0 Å². The number of halogens is 1. The van der Waals surface area contributed by atoms with Gasteiger partial charge in [-0.2, -0.15) is 0 Å². The Morgan fingerprint density at radius 1 is 0.909 bits per heavy atom. The van der Waals surface area contributed by atoms with Crippen LogP contribution in [0.3, 0.4) is 0 Å². The molecule has 0 aliphatic heterocycles. The van der Waals surface area contributed by atoms with E-state index in [1.807, 2.05) is 18.2 Å². The Morgan fingerprint density at radius 3 is 2.00 bits per heavy atom. The van der Waals surface area contributed by atoms with Gasteiger partial charge in [0.25, 0.3) is 0 Å². The predicted molar refractivity (Wildman–Crippen MR) is 98.3 cm³/mol. The summed E-state index contributed by atoms with van der Waals surface area (Å²) in [6.45, 7) is 8.16. The van der Waals surface area contributed by atoms with Crippen LogP contribution >= 0.6 is 11.6 Å². The summed E-state index contributed by atoms with van der Waals surface area (Å²) in [4.78, 5) is 0. The van der Waals surface area contributed by atoms with Crippen LogP contribution in [-0.4, -0.2) is 21.8 Å². The highest BCUT2D eigenvalue weighted by Gasteiger charge is 2.39. The van der Waals surface area contributed by atoms with Gasteiger partial charge in [0, 0.05) is 18.2 Å². The van der Waals surface area contributed by atoms with Gasteiger partial charge >= 0.3 is 8.56 Å². The van der Waals surface area contributed by atoms with Crippen LogP contribution < -0.4 is 5.19 Å². The van der Waals surface area contributed by atoms with Crippen molar-refractivity contribution in [2.24, 2.45) is 0 Å². The molecule has 0 aromatic heterocycles. The normalized spacial score (nSPS) is 11.8. The molecule has 0 saturated heterocycles. The van der Waals surface area contributed by atoms with E-state index in [-0.39, 0.29) is 0 Å². The first-order valence-electron chi connectivity index (χ1n) is 8.72. The lowest BCUT2D eigenvalue weighted by Gasteiger charge is -2.31. The highest BCUT2D eigenvalue weighted by atomic mass is 35.5. The molecular formula is C18H31ClO2Si. The third-order valence-corrected chi connectivity index (χ3v) is 7.57. The van der Waals surface area contributed by atoms with E-state index in [0.29, 0.717) is 0 Å². The van der Waals surface area contributed by atoms with Crippen molar-refractivity contribution in [3.8, 4) is 0 Å². The lowest BCUT2D eigenvalue weighted by Crippen LogP contribution is -2.54. The molecule has 1 aromatic rings. The molecule has 0 unspecified atom stereocenters. The van der Waals surface area contributed by atoms with Crippen LogP contribution in [0.2, 0.25) is 11.1 Å². The molecule has 0 amide bonds. The van der Waals surface area contributed by atoms with Crippen LogP contribution in [0.1, 0.15) is 59.3 Å². The van der Waals surface area contributed by atoms with E-state index < -0.39 is 8.56 Å². The fourth-order valence-corrected chi connectivity index (χ4v) is 6.16. The molecule has 22 heavy (non-hydrogen) atoms. The zero-order valence-corrected chi connectivity index (χ0v) is 16.1. The molecule has 0 atom stereocenters. The summed E-state index contributed by atoms with van der Waals surface area (Å²) in [5.41, 5.74) is 0. The van der Waals surface area contributed by atoms with Crippen molar-refractivity contribution < 1.29 is 8.85 Å². The van der Waals surface area contributed by atoms with Crippen LogP contribution in [-0.2, 0) is 8.85 Å². The van der Waals surface area contributed by atoms with Gasteiger partial charge in [0.05, 0.1) is 0 Å². The van der Waals surface area contributed by atoms with Crippen LogP contribution in [0.15, 0.2) is 24.3 Å². The summed E-state index contributed by atoms with van der Waals surface area (Å²) < 4.78 is 12.8. The summed E-state index contributed by atoms with van der Waals surface area (Å²) >= 11 is 6.22. The summed E-state index contributed by atoms with van der Waals surface area (Å²) in [7, 11) is -2.38. The Labute approximate surface area is 142 Å². The molecule has 0 heterocycles. The minimum atomic E-state index is -2.38. The molecule has 0 saturated carbocycles. The van der Waals surface area contributed by atoms with Gasteiger partial charge in [-0.25, -0.2) is 0 Å². The highest BCUT2D eigenvalue weighted by molar-refractivity contribution is 6.81. The number of rotatable bonds is 12. The average Bonchev–Trinajstić information content (AvgIpc) is 2.52. The molecule has 0 aliphatic carbocycles. The van der Waals surface area contributed by atoms with Crippen LogP contribution in [0.25, 0.3) is 0 Å². The Kier molecular flexibility index (Phi) is 10.0. The van der Waals surface area contributed by atoms with Crippen molar-refractivity contribution in [1.82, 2.24) is 0 Å². The molecule has 126 valence electrons. The van der Waals surface area contributed by atoms with E-state index in [4.69, 9.17) is 20.5 Å². The van der Waals surface area contributed by atoms with Crippen molar-refractivity contribution in [2.45, 2.75) is 65.3 Å². The van der Waals surface area contributed by atoms with Gasteiger partial charge in [-0.15, -0.1) is 0 Å². The predicted octanol–water partition coefficient (Wildman–Crippen LogP) is 5.42. The van der Waals surface area contributed by atoms with Crippen molar-refractivity contribution in [1.29, 1.82) is 0 Å². The van der Waals surface area contributed by atoms with Crippen molar-refractivity contribution in [2.75, 3.05) is 13.2 Å². The van der Waals surface area contributed by atoms with E-state index in [1.165, 1.54) is 5.19 Å². The van der Waals surface area contributed by atoms with E-state index in [0.717, 1.165) is 62.8 Å². The number of unbranched alkanes of at least 4 members (excludes halogenated alkanes) is 3. The summed E-state index contributed by atoms with van der Waals surface area (Å²) in [6.07, 6.45) is 6.74. The van der Waals surface area contributed by atoms with Crippen LogP contribution in [0.5, 0.6) is 0 Å². The highest BCUT2D eigenvalue weighted by Crippen LogP contribution is 2.21. The third-order valence-electron chi connectivity index (χ3n) is 3.79. The molecule has 0 aliphatic rings.